The number of para-hydroxylation sites is 3. The average Bonchev–Trinajstić information content (AvgIpc) is 3.99. The van der Waals surface area contributed by atoms with Crippen LogP contribution in [0.4, 0.5) is 17.1 Å². The monoisotopic (exact) mass is 910 g/mol. The third kappa shape index (κ3) is 6.88. The van der Waals surface area contributed by atoms with Gasteiger partial charge in [0.15, 0.2) is 8.07 Å². The summed E-state index contributed by atoms with van der Waals surface area (Å²) in [6.07, 6.45) is 0. The molecule has 4 heteroatoms. The highest BCUT2D eigenvalue weighted by Gasteiger charge is 2.41. The second kappa shape index (κ2) is 17.3. The Labute approximate surface area is 408 Å². The number of nitrogens with zero attached hydrogens (tertiary/aromatic N) is 2. The van der Waals surface area contributed by atoms with E-state index in [1.54, 1.807) is 0 Å². The average molecular weight is 911 g/mol. The Hall–Kier alpha value is -8.96. The van der Waals surface area contributed by atoms with Gasteiger partial charge in [0, 0.05) is 38.6 Å². The number of anilines is 3. The molecule has 0 amide bonds. The molecule has 0 saturated carbocycles. The lowest BCUT2D eigenvalue weighted by atomic mass is 10.0. The van der Waals surface area contributed by atoms with Gasteiger partial charge in [-0.3, -0.25) is 0 Å². The molecule has 0 atom stereocenters. The predicted molar refractivity (Wildman–Crippen MR) is 297 cm³/mol. The summed E-state index contributed by atoms with van der Waals surface area (Å²) in [6.45, 7) is 0. The van der Waals surface area contributed by atoms with E-state index < -0.39 is 8.07 Å². The van der Waals surface area contributed by atoms with E-state index in [4.69, 9.17) is 4.42 Å². The fraction of sp³-hybridized carbons (Fsp3) is 0. The summed E-state index contributed by atoms with van der Waals surface area (Å²) in [6, 6.07) is 102. The first kappa shape index (κ1) is 41.2. The number of benzene rings is 11. The van der Waals surface area contributed by atoms with Gasteiger partial charge in [-0.2, -0.15) is 0 Å². The summed E-state index contributed by atoms with van der Waals surface area (Å²) in [5.41, 5.74) is 13.1. The molecule has 13 rings (SSSR count). The van der Waals surface area contributed by atoms with Crippen molar-refractivity contribution in [1.82, 2.24) is 4.57 Å². The highest BCUT2D eigenvalue weighted by atomic mass is 28.3. The standard InChI is InChI=1S/C66H46N2OSi/c1-5-20-51(21-6-1)68-61-31-15-13-30-60(61)66-62(32-18-33-63(66)68)67(53-42-37-48(38-43-53)50-39-44-59-58-29-14-16-34-64(58)69-65(59)46-50)52-40-35-47(36-41-52)49-19-17-28-57(45-49)70(54-22-7-2-8-23-54,55-24-9-3-10-25-55)56-26-11-4-12-27-56/h1-46H. The molecule has 0 saturated heterocycles. The van der Waals surface area contributed by atoms with Crippen LogP contribution >= 0.6 is 0 Å². The van der Waals surface area contributed by atoms with Gasteiger partial charge in [-0.25, -0.2) is 0 Å². The van der Waals surface area contributed by atoms with Gasteiger partial charge in [0.1, 0.15) is 11.2 Å². The van der Waals surface area contributed by atoms with Gasteiger partial charge in [0.25, 0.3) is 0 Å². The molecule has 0 fully saturated rings. The highest BCUT2D eigenvalue weighted by Crippen LogP contribution is 2.44. The van der Waals surface area contributed by atoms with Gasteiger partial charge in [-0.15, -0.1) is 0 Å². The van der Waals surface area contributed by atoms with Crippen molar-refractivity contribution in [3.05, 3.63) is 279 Å². The van der Waals surface area contributed by atoms with Gasteiger partial charge >= 0.3 is 0 Å². The Morgan fingerprint density at radius 3 is 1.41 bits per heavy atom. The molecule has 0 N–H and O–H groups in total. The molecular formula is C66H46N2OSi. The zero-order chi connectivity index (χ0) is 46.4. The van der Waals surface area contributed by atoms with Crippen LogP contribution in [0.2, 0.25) is 0 Å². The van der Waals surface area contributed by atoms with Crippen LogP contribution in [0, 0.1) is 0 Å². The molecule has 0 aliphatic heterocycles. The molecule has 13 aromatic rings. The van der Waals surface area contributed by atoms with E-state index >= 15 is 0 Å². The first-order chi connectivity index (χ1) is 34.7. The summed E-state index contributed by atoms with van der Waals surface area (Å²) in [7, 11) is -2.72. The highest BCUT2D eigenvalue weighted by molar-refractivity contribution is 7.19. The molecule has 0 bridgehead atoms. The van der Waals surface area contributed by atoms with Crippen LogP contribution in [-0.4, -0.2) is 12.6 Å². The van der Waals surface area contributed by atoms with Gasteiger partial charge < -0.3 is 13.9 Å². The zero-order valence-corrected chi connectivity index (χ0v) is 39.4. The molecule has 330 valence electrons. The lowest BCUT2D eigenvalue weighted by Crippen LogP contribution is -2.74. The van der Waals surface area contributed by atoms with E-state index in [-0.39, 0.29) is 0 Å². The van der Waals surface area contributed by atoms with Gasteiger partial charge in [-0.1, -0.05) is 206 Å². The van der Waals surface area contributed by atoms with Crippen molar-refractivity contribution >= 4 is 89.6 Å². The van der Waals surface area contributed by atoms with Crippen LogP contribution in [0.25, 0.3) is 71.7 Å². The normalized spacial score (nSPS) is 11.7. The van der Waals surface area contributed by atoms with E-state index in [0.717, 1.165) is 66.9 Å². The maximum Gasteiger partial charge on any atom is 0.179 e. The molecule has 11 aromatic carbocycles. The van der Waals surface area contributed by atoms with Crippen molar-refractivity contribution in [2.24, 2.45) is 0 Å². The Morgan fingerprint density at radius 2 is 0.786 bits per heavy atom. The van der Waals surface area contributed by atoms with Crippen molar-refractivity contribution in [2.75, 3.05) is 4.90 Å². The Kier molecular flexibility index (Phi) is 10.2. The Morgan fingerprint density at radius 1 is 0.314 bits per heavy atom. The number of fused-ring (bicyclic) bond motifs is 6. The number of aromatic nitrogens is 1. The minimum Gasteiger partial charge on any atom is -0.456 e. The van der Waals surface area contributed by atoms with Crippen LogP contribution in [0.5, 0.6) is 0 Å². The zero-order valence-electron chi connectivity index (χ0n) is 38.4. The lowest BCUT2D eigenvalue weighted by Gasteiger charge is -2.34. The molecule has 0 radical (unpaired) electrons. The predicted octanol–water partition coefficient (Wildman–Crippen LogP) is 14.9. The minimum atomic E-state index is -2.72. The second-order valence-corrected chi connectivity index (χ2v) is 21.8. The quantitative estimate of drug-likeness (QED) is 0.101. The maximum absolute atomic E-state index is 6.32. The van der Waals surface area contributed by atoms with Crippen LogP contribution in [0.1, 0.15) is 0 Å². The number of furan rings is 1. The van der Waals surface area contributed by atoms with Crippen LogP contribution in [0.15, 0.2) is 283 Å². The first-order valence-electron chi connectivity index (χ1n) is 24.0. The lowest BCUT2D eigenvalue weighted by molar-refractivity contribution is 0.669. The molecule has 0 spiro atoms. The van der Waals surface area contributed by atoms with Gasteiger partial charge in [0.2, 0.25) is 0 Å². The molecule has 0 unspecified atom stereocenters. The number of hydrogen-bond donors (Lipinski definition) is 0. The van der Waals surface area contributed by atoms with Crippen molar-refractivity contribution < 1.29 is 4.42 Å². The first-order valence-corrected chi connectivity index (χ1v) is 26.0. The molecule has 2 aromatic heterocycles. The smallest absolute Gasteiger partial charge is 0.179 e. The van der Waals surface area contributed by atoms with E-state index in [1.165, 1.54) is 42.6 Å². The molecule has 70 heavy (non-hydrogen) atoms. The van der Waals surface area contributed by atoms with E-state index in [2.05, 4.69) is 276 Å². The van der Waals surface area contributed by atoms with Crippen LogP contribution in [-0.2, 0) is 0 Å². The number of hydrogen-bond acceptors (Lipinski definition) is 2. The molecular weight excluding hydrogens is 865 g/mol. The topological polar surface area (TPSA) is 21.3 Å². The van der Waals surface area contributed by atoms with E-state index in [9.17, 15) is 0 Å². The van der Waals surface area contributed by atoms with Crippen LogP contribution < -0.4 is 25.6 Å². The number of rotatable bonds is 10. The molecule has 0 aliphatic carbocycles. The van der Waals surface area contributed by atoms with Gasteiger partial charge in [0.05, 0.1) is 16.7 Å². The largest absolute Gasteiger partial charge is 0.456 e. The summed E-state index contributed by atoms with van der Waals surface area (Å²) >= 11 is 0. The summed E-state index contributed by atoms with van der Waals surface area (Å²) < 4.78 is 8.71. The summed E-state index contributed by atoms with van der Waals surface area (Å²) in [5, 5.41) is 10.1. The minimum absolute atomic E-state index is 0.893. The van der Waals surface area contributed by atoms with Crippen molar-refractivity contribution in [3.63, 3.8) is 0 Å². The second-order valence-electron chi connectivity index (χ2n) is 18.0. The van der Waals surface area contributed by atoms with Crippen molar-refractivity contribution in [1.29, 1.82) is 0 Å². The molecule has 2 heterocycles. The Balaban J connectivity index is 0.955. The summed E-state index contributed by atoms with van der Waals surface area (Å²) in [4.78, 5) is 2.43. The maximum atomic E-state index is 6.32. The summed E-state index contributed by atoms with van der Waals surface area (Å²) in [5.74, 6) is 0. The van der Waals surface area contributed by atoms with Gasteiger partial charge in [-0.05, 0) is 116 Å². The van der Waals surface area contributed by atoms with E-state index in [0.29, 0.717) is 0 Å². The third-order valence-electron chi connectivity index (χ3n) is 14.1. The van der Waals surface area contributed by atoms with Crippen LogP contribution in [0.3, 0.4) is 0 Å². The third-order valence-corrected chi connectivity index (χ3v) is 18.9. The van der Waals surface area contributed by atoms with Crippen molar-refractivity contribution in [3.8, 4) is 27.9 Å². The Bertz CT molecular complexity index is 3880. The van der Waals surface area contributed by atoms with Crippen molar-refractivity contribution in [2.45, 2.75) is 0 Å². The fourth-order valence-corrected chi connectivity index (χ4v) is 15.8. The SMILES string of the molecule is c1ccc(-n2c3ccccc3c3c(N(c4ccc(-c5cccc([Si](c6ccccc6)(c6ccccc6)c6ccccc6)c5)cc4)c4ccc(-c5ccc6c(c5)oc5ccccc56)cc4)cccc32)cc1. The molecule has 3 nitrogen and oxygen atoms in total. The van der Waals surface area contributed by atoms with E-state index in [1.807, 2.05) is 12.1 Å². The molecule has 0 aliphatic rings. The fourth-order valence-electron chi connectivity index (χ4n) is 11.0.